The fourth-order valence-corrected chi connectivity index (χ4v) is 0.992. The van der Waals surface area contributed by atoms with Gasteiger partial charge in [0.15, 0.2) is 0 Å². The molecule has 6 nitrogen and oxygen atoms in total. The van der Waals surface area contributed by atoms with Gasteiger partial charge < -0.3 is 24.3 Å². The summed E-state index contributed by atoms with van der Waals surface area (Å²) in [6, 6.07) is 0.130. The van der Waals surface area contributed by atoms with Crippen LogP contribution in [-0.2, 0) is 9.53 Å². The highest BCUT2D eigenvalue weighted by atomic mass is 16.5. The van der Waals surface area contributed by atoms with Crippen molar-refractivity contribution in [1.29, 1.82) is 0 Å². The molecular weight excluding hydrogens is 186 g/mol. The van der Waals surface area contributed by atoms with Crippen LogP contribution in [0.4, 0.5) is 4.79 Å². The summed E-state index contributed by atoms with van der Waals surface area (Å²) in [5.41, 5.74) is 0. The Bertz CT molecular complexity index is 253. The SMILES string of the molecule is CN1CCN(C)C1=O.O=C1CO[C-]=N1. The van der Waals surface area contributed by atoms with Gasteiger partial charge in [-0.05, 0) is 0 Å². The third-order valence-electron chi connectivity index (χ3n) is 1.85. The van der Waals surface area contributed by atoms with Gasteiger partial charge in [-0.2, -0.15) is 0 Å². The second-order valence-corrected chi connectivity index (χ2v) is 3.01. The highest BCUT2D eigenvalue weighted by Crippen LogP contribution is 2.00. The number of amides is 3. The van der Waals surface area contributed by atoms with Crippen LogP contribution in [0.5, 0.6) is 0 Å². The van der Waals surface area contributed by atoms with Crippen molar-refractivity contribution in [3.05, 3.63) is 0 Å². The summed E-state index contributed by atoms with van der Waals surface area (Å²) in [6.45, 7) is 1.81. The third kappa shape index (κ3) is 2.72. The molecule has 0 N–H and O–H groups in total. The van der Waals surface area contributed by atoms with Crippen LogP contribution in [0.3, 0.4) is 0 Å². The molecule has 1 saturated heterocycles. The fraction of sp³-hybridized carbons (Fsp3) is 0.625. The topological polar surface area (TPSA) is 62.2 Å². The van der Waals surface area contributed by atoms with Crippen LogP contribution in [-0.4, -0.2) is 61.9 Å². The van der Waals surface area contributed by atoms with Crippen molar-refractivity contribution in [1.82, 2.24) is 9.80 Å². The number of likely N-dealkylation sites (N-methyl/N-ethyl adjacent to an activating group) is 2. The van der Waals surface area contributed by atoms with Crippen molar-refractivity contribution in [2.24, 2.45) is 4.99 Å². The second-order valence-electron chi connectivity index (χ2n) is 3.01. The van der Waals surface area contributed by atoms with E-state index in [9.17, 15) is 9.59 Å². The molecule has 0 saturated carbocycles. The number of carbonyl (C=O) groups excluding carboxylic acids is 2. The van der Waals surface area contributed by atoms with Gasteiger partial charge in [0.1, 0.15) is 5.91 Å². The van der Waals surface area contributed by atoms with Gasteiger partial charge in [0.2, 0.25) is 0 Å². The van der Waals surface area contributed by atoms with Gasteiger partial charge >= 0.3 is 6.03 Å². The average molecular weight is 198 g/mol. The van der Waals surface area contributed by atoms with E-state index >= 15 is 0 Å². The highest BCUT2D eigenvalue weighted by Gasteiger charge is 2.20. The van der Waals surface area contributed by atoms with E-state index in [0.29, 0.717) is 0 Å². The second kappa shape index (κ2) is 4.59. The fourth-order valence-electron chi connectivity index (χ4n) is 0.992. The van der Waals surface area contributed by atoms with Gasteiger partial charge in [0.05, 0.1) is 6.61 Å². The Morgan fingerprint density at radius 2 is 1.86 bits per heavy atom. The number of hydrogen-bond acceptors (Lipinski definition) is 3. The predicted octanol–water partition coefficient (Wildman–Crippen LogP) is -0.568. The van der Waals surface area contributed by atoms with Gasteiger partial charge in [0, 0.05) is 33.6 Å². The van der Waals surface area contributed by atoms with Crippen molar-refractivity contribution < 1.29 is 14.3 Å². The molecule has 3 amide bonds. The largest absolute Gasteiger partial charge is 0.581 e. The minimum atomic E-state index is -0.255. The van der Waals surface area contributed by atoms with Gasteiger partial charge in [-0.15, -0.1) is 0 Å². The molecule has 0 spiro atoms. The zero-order valence-electron chi connectivity index (χ0n) is 8.19. The molecule has 0 aromatic carbocycles. The van der Waals surface area contributed by atoms with Gasteiger partial charge in [-0.3, -0.25) is 0 Å². The molecule has 0 atom stereocenters. The van der Waals surface area contributed by atoms with E-state index in [4.69, 9.17) is 0 Å². The number of aliphatic imine (C=N–C) groups is 1. The maximum absolute atomic E-state index is 10.8. The number of ether oxygens (including phenoxy) is 1. The van der Waals surface area contributed by atoms with Gasteiger partial charge in [0.25, 0.3) is 0 Å². The summed E-state index contributed by atoms with van der Waals surface area (Å²) >= 11 is 0. The zero-order valence-corrected chi connectivity index (χ0v) is 8.19. The molecule has 0 bridgehead atoms. The van der Waals surface area contributed by atoms with E-state index in [2.05, 4.69) is 9.73 Å². The molecule has 0 radical (unpaired) electrons. The van der Waals surface area contributed by atoms with Crippen molar-refractivity contribution in [3.63, 3.8) is 0 Å². The van der Waals surface area contributed by atoms with E-state index in [1.165, 1.54) is 0 Å². The normalized spacial score (nSPS) is 19.6. The summed E-state index contributed by atoms with van der Waals surface area (Å²) in [5, 5.41) is 0. The van der Waals surface area contributed by atoms with Crippen LogP contribution in [0.25, 0.3) is 0 Å². The molecule has 6 heteroatoms. The van der Waals surface area contributed by atoms with Crippen LogP contribution < -0.4 is 0 Å². The minimum absolute atomic E-state index is 0.0694. The van der Waals surface area contributed by atoms with Crippen LogP contribution in [0.15, 0.2) is 4.99 Å². The van der Waals surface area contributed by atoms with Crippen molar-refractivity contribution >= 4 is 18.3 Å². The van der Waals surface area contributed by atoms with E-state index in [1.54, 1.807) is 9.80 Å². The lowest BCUT2D eigenvalue weighted by atomic mass is 10.6. The Hall–Kier alpha value is -1.59. The lowest BCUT2D eigenvalue weighted by Gasteiger charge is -2.07. The highest BCUT2D eigenvalue weighted by molar-refractivity contribution is 5.88. The zero-order chi connectivity index (χ0) is 10.6. The van der Waals surface area contributed by atoms with Crippen molar-refractivity contribution in [3.8, 4) is 0 Å². The minimum Gasteiger partial charge on any atom is -0.581 e. The number of urea groups is 1. The molecular formula is C8H12N3O3-. The number of rotatable bonds is 0. The van der Waals surface area contributed by atoms with E-state index in [0.717, 1.165) is 13.1 Å². The monoisotopic (exact) mass is 198 g/mol. The first-order valence-corrected chi connectivity index (χ1v) is 4.18. The predicted molar refractivity (Wildman–Crippen MR) is 49.1 cm³/mol. The van der Waals surface area contributed by atoms with E-state index in [-0.39, 0.29) is 18.5 Å². The molecule has 2 heterocycles. The summed E-state index contributed by atoms with van der Waals surface area (Å²) in [5.74, 6) is -0.255. The molecule has 2 aliphatic rings. The third-order valence-corrected chi connectivity index (χ3v) is 1.85. The molecule has 0 unspecified atom stereocenters. The lowest BCUT2D eigenvalue weighted by Crippen LogP contribution is -2.25. The van der Waals surface area contributed by atoms with Crippen molar-refractivity contribution in [2.45, 2.75) is 0 Å². The standard InChI is InChI=1S/C5H10N2O.C3H2NO2/c1-6-3-4-7(2)5(6)8;5-3-1-6-2-4-3/h3-4H2,1-2H3;1H2/q;-1. The van der Waals surface area contributed by atoms with Crippen LogP contribution >= 0.6 is 0 Å². The first kappa shape index (κ1) is 10.5. The Morgan fingerprint density at radius 1 is 1.29 bits per heavy atom. The summed E-state index contributed by atoms with van der Waals surface area (Å²) in [7, 11) is 3.62. The molecule has 1 fully saturated rings. The van der Waals surface area contributed by atoms with Gasteiger partial charge in [-0.1, -0.05) is 0 Å². The maximum atomic E-state index is 10.8. The quantitative estimate of drug-likeness (QED) is 0.490. The maximum Gasteiger partial charge on any atom is 0.319 e. The number of nitrogens with zero attached hydrogens (tertiary/aromatic N) is 3. The van der Waals surface area contributed by atoms with Crippen LogP contribution in [0.2, 0.25) is 0 Å². The summed E-state index contributed by atoms with van der Waals surface area (Å²) in [4.78, 5) is 27.2. The molecule has 2 aliphatic heterocycles. The molecule has 2 rings (SSSR count). The molecule has 78 valence electrons. The first-order chi connectivity index (χ1) is 6.61. The van der Waals surface area contributed by atoms with Gasteiger partial charge in [-0.25, -0.2) is 4.79 Å². The lowest BCUT2D eigenvalue weighted by molar-refractivity contribution is -0.118. The number of hydrogen-bond donors (Lipinski definition) is 0. The molecule has 0 aromatic rings. The van der Waals surface area contributed by atoms with Crippen LogP contribution in [0.1, 0.15) is 0 Å². The molecule has 0 aliphatic carbocycles. The van der Waals surface area contributed by atoms with E-state index in [1.807, 2.05) is 20.5 Å². The summed E-state index contributed by atoms with van der Waals surface area (Å²) in [6.07, 6.45) is 2.05. The van der Waals surface area contributed by atoms with E-state index < -0.39 is 0 Å². The Balaban J connectivity index is 0.000000146. The van der Waals surface area contributed by atoms with Crippen molar-refractivity contribution in [2.75, 3.05) is 33.8 Å². The average Bonchev–Trinajstić information content (AvgIpc) is 2.73. The Labute approximate surface area is 82.1 Å². The Kier molecular flexibility index (Phi) is 3.44. The Morgan fingerprint density at radius 3 is 2.00 bits per heavy atom. The number of carbonyl (C=O) groups is 2. The molecule has 0 aromatic heterocycles. The van der Waals surface area contributed by atoms with Crippen LogP contribution in [0, 0.1) is 0 Å². The molecule has 14 heavy (non-hydrogen) atoms. The summed E-state index contributed by atoms with van der Waals surface area (Å²) < 4.78 is 4.29. The smallest absolute Gasteiger partial charge is 0.319 e. The first-order valence-electron chi connectivity index (χ1n) is 4.18.